The van der Waals surface area contributed by atoms with Crippen LogP contribution in [-0.4, -0.2) is 27.8 Å². The molecule has 0 saturated carbocycles. The Morgan fingerprint density at radius 3 is 2.81 bits per heavy atom. The van der Waals surface area contributed by atoms with Crippen LogP contribution in [0.15, 0.2) is 22.1 Å². The molecular weight excluding hydrogens is 374 g/mol. The van der Waals surface area contributed by atoms with Crippen molar-refractivity contribution in [2.24, 2.45) is 0 Å². The molecule has 0 radical (unpaired) electrons. The van der Waals surface area contributed by atoms with Crippen LogP contribution in [-0.2, 0) is 6.54 Å². The molecule has 2 rings (SSSR count). The Labute approximate surface area is 141 Å². The van der Waals surface area contributed by atoms with Gasteiger partial charge in [0, 0.05) is 27.7 Å². The molecule has 112 valence electrons. The predicted octanol–water partition coefficient (Wildman–Crippen LogP) is 4.35. The highest BCUT2D eigenvalue weighted by molar-refractivity contribution is 9.10. The molecule has 0 fully saturated rings. The van der Waals surface area contributed by atoms with Gasteiger partial charge in [-0.2, -0.15) is 0 Å². The number of aromatic nitrogens is 2. The SMILES string of the molecule is CC(C)c1ncc(Cl)c(C(=O)N(C)Cc2cc(Br)cs2)n1. The topological polar surface area (TPSA) is 46.1 Å². The molecule has 0 saturated heterocycles. The van der Waals surface area contributed by atoms with Crippen LogP contribution in [0.5, 0.6) is 0 Å². The maximum atomic E-state index is 12.5. The molecule has 0 N–H and O–H groups in total. The van der Waals surface area contributed by atoms with Crippen molar-refractivity contribution in [3.05, 3.63) is 43.5 Å². The summed E-state index contributed by atoms with van der Waals surface area (Å²) < 4.78 is 1.02. The fraction of sp³-hybridized carbons (Fsp3) is 0.357. The Bertz CT molecular complexity index is 659. The summed E-state index contributed by atoms with van der Waals surface area (Å²) in [4.78, 5) is 23.6. The van der Waals surface area contributed by atoms with Crippen LogP contribution < -0.4 is 0 Å². The monoisotopic (exact) mass is 387 g/mol. The summed E-state index contributed by atoms with van der Waals surface area (Å²) in [6.45, 7) is 4.47. The zero-order chi connectivity index (χ0) is 15.6. The van der Waals surface area contributed by atoms with Crippen molar-refractivity contribution in [2.45, 2.75) is 26.3 Å². The number of amides is 1. The van der Waals surface area contributed by atoms with Crippen LogP contribution in [0.25, 0.3) is 0 Å². The Kier molecular flexibility index (Phi) is 5.35. The van der Waals surface area contributed by atoms with Crippen molar-refractivity contribution in [3.63, 3.8) is 0 Å². The number of thiophene rings is 1. The van der Waals surface area contributed by atoms with E-state index in [1.807, 2.05) is 25.3 Å². The second-order valence-corrected chi connectivity index (χ2v) is 7.29. The van der Waals surface area contributed by atoms with Crippen molar-refractivity contribution >= 4 is 44.8 Å². The van der Waals surface area contributed by atoms with Crippen molar-refractivity contribution < 1.29 is 4.79 Å². The van der Waals surface area contributed by atoms with Gasteiger partial charge in [-0.25, -0.2) is 9.97 Å². The summed E-state index contributed by atoms with van der Waals surface area (Å²) in [5.41, 5.74) is 0.258. The molecule has 0 atom stereocenters. The maximum Gasteiger partial charge on any atom is 0.274 e. The van der Waals surface area contributed by atoms with E-state index >= 15 is 0 Å². The highest BCUT2D eigenvalue weighted by Crippen LogP contribution is 2.22. The molecule has 0 aliphatic heterocycles. The number of carbonyl (C=O) groups excluding carboxylic acids is 1. The average Bonchev–Trinajstić information content (AvgIpc) is 2.83. The molecule has 0 aromatic carbocycles. The van der Waals surface area contributed by atoms with Crippen molar-refractivity contribution in [1.29, 1.82) is 0 Å². The van der Waals surface area contributed by atoms with Crippen LogP contribution in [0, 0.1) is 0 Å². The summed E-state index contributed by atoms with van der Waals surface area (Å²) in [5, 5.41) is 2.27. The van der Waals surface area contributed by atoms with Gasteiger partial charge in [-0.3, -0.25) is 4.79 Å². The summed E-state index contributed by atoms with van der Waals surface area (Å²) in [6, 6.07) is 2.00. The third-order valence-electron chi connectivity index (χ3n) is 2.84. The van der Waals surface area contributed by atoms with Gasteiger partial charge in [-0.1, -0.05) is 25.4 Å². The van der Waals surface area contributed by atoms with Gasteiger partial charge in [0.15, 0.2) is 5.69 Å². The number of carbonyl (C=O) groups is 1. The van der Waals surface area contributed by atoms with Gasteiger partial charge in [-0.05, 0) is 22.0 Å². The van der Waals surface area contributed by atoms with Gasteiger partial charge in [0.1, 0.15) is 5.82 Å². The van der Waals surface area contributed by atoms with E-state index < -0.39 is 0 Å². The van der Waals surface area contributed by atoms with Crippen LogP contribution in [0.1, 0.15) is 41.0 Å². The van der Waals surface area contributed by atoms with Crippen molar-refractivity contribution in [1.82, 2.24) is 14.9 Å². The van der Waals surface area contributed by atoms with Crippen LogP contribution in [0.4, 0.5) is 0 Å². The van der Waals surface area contributed by atoms with Gasteiger partial charge >= 0.3 is 0 Å². The minimum Gasteiger partial charge on any atom is -0.335 e. The number of hydrogen-bond acceptors (Lipinski definition) is 4. The molecule has 0 aliphatic carbocycles. The number of halogens is 2. The first-order chi connectivity index (χ1) is 9.88. The number of nitrogens with zero attached hydrogens (tertiary/aromatic N) is 3. The molecule has 7 heteroatoms. The largest absolute Gasteiger partial charge is 0.335 e. The van der Waals surface area contributed by atoms with Crippen LogP contribution >= 0.6 is 38.9 Å². The molecule has 0 aliphatic rings. The van der Waals surface area contributed by atoms with E-state index in [0.29, 0.717) is 12.4 Å². The summed E-state index contributed by atoms with van der Waals surface area (Å²) >= 11 is 11.1. The fourth-order valence-corrected chi connectivity index (χ4v) is 3.41. The summed E-state index contributed by atoms with van der Waals surface area (Å²) in [7, 11) is 1.74. The minimum atomic E-state index is -0.200. The van der Waals surface area contributed by atoms with E-state index in [1.54, 1.807) is 23.3 Å². The molecular formula is C14H15BrClN3OS. The zero-order valence-electron chi connectivity index (χ0n) is 11.9. The van der Waals surface area contributed by atoms with Gasteiger partial charge in [0.05, 0.1) is 17.8 Å². The smallest absolute Gasteiger partial charge is 0.274 e. The first-order valence-corrected chi connectivity index (χ1v) is 8.44. The van der Waals surface area contributed by atoms with Gasteiger partial charge in [0.25, 0.3) is 5.91 Å². The summed E-state index contributed by atoms with van der Waals surface area (Å²) in [5.74, 6) is 0.566. The van der Waals surface area contributed by atoms with E-state index in [2.05, 4.69) is 25.9 Å². The highest BCUT2D eigenvalue weighted by atomic mass is 79.9. The Hall–Kier alpha value is -0.980. The van der Waals surface area contributed by atoms with E-state index in [-0.39, 0.29) is 22.5 Å². The highest BCUT2D eigenvalue weighted by Gasteiger charge is 2.19. The molecule has 0 bridgehead atoms. The lowest BCUT2D eigenvalue weighted by molar-refractivity contribution is 0.0780. The predicted molar refractivity (Wildman–Crippen MR) is 88.9 cm³/mol. The lowest BCUT2D eigenvalue weighted by Gasteiger charge is -2.17. The Balaban J connectivity index is 2.20. The normalized spacial score (nSPS) is 11.0. The number of hydrogen-bond donors (Lipinski definition) is 0. The molecule has 1 amide bonds. The first-order valence-electron chi connectivity index (χ1n) is 6.39. The average molecular weight is 389 g/mol. The van der Waals surface area contributed by atoms with E-state index in [1.165, 1.54) is 6.20 Å². The quantitative estimate of drug-likeness (QED) is 0.782. The third-order valence-corrected chi connectivity index (χ3v) is 4.80. The lowest BCUT2D eigenvalue weighted by atomic mass is 10.2. The van der Waals surface area contributed by atoms with Gasteiger partial charge in [-0.15, -0.1) is 11.3 Å². The summed E-state index contributed by atoms with van der Waals surface area (Å²) in [6.07, 6.45) is 1.49. The maximum absolute atomic E-state index is 12.5. The first kappa shape index (κ1) is 16.4. The zero-order valence-corrected chi connectivity index (χ0v) is 15.1. The van der Waals surface area contributed by atoms with E-state index in [9.17, 15) is 4.79 Å². The third kappa shape index (κ3) is 4.02. The molecule has 2 aromatic rings. The molecule has 0 unspecified atom stereocenters. The van der Waals surface area contributed by atoms with Crippen molar-refractivity contribution in [2.75, 3.05) is 7.05 Å². The lowest BCUT2D eigenvalue weighted by Crippen LogP contribution is -2.27. The van der Waals surface area contributed by atoms with Gasteiger partial charge < -0.3 is 4.90 Å². The molecule has 21 heavy (non-hydrogen) atoms. The minimum absolute atomic E-state index is 0.146. The fourth-order valence-electron chi connectivity index (χ4n) is 1.73. The van der Waals surface area contributed by atoms with Crippen LogP contribution in [0.3, 0.4) is 0 Å². The second-order valence-electron chi connectivity index (χ2n) is 4.97. The standard InChI is InChI=1S/C14H15BrClN3OS/c1-8(2)13-17-5-11(16)12(18-13)14(20)19(3)6-10-4-9(15)7-21-10/h4-5,7-8H,6H2,1-3H3. The Morgan fingerprint density at radius 2 is 2.24 bits per heavy atom. The molecule has 4 nitrogen and oxygen atoms in total. The van der Waals surface area contributed by atoms with Gasteiger partial charge in [0.2, 0.25) is 0 Å². The van der Waals surface area contributed by atoms with E-state index in [0.717, 1.165) is 9.35 Å². The Morgan fingerprint density at radius 1 is 1.52 bits per heavy atom. The molecule has 2 heterocycles. The number of rotatable bonds is 4. The van der Waals surface area contributed by atoms with Crippen LogP contribution in [0.2, 0.25) is 5.02 Å². The molecule has 0 spiro atoms. The molecule has 2 aromatic heterocycles. The second kappa shape index (κ2) is 6.85. The van der Waals surface area contributed by atoms with E-state index in [4.69, 9.17) is 11.6 Å². The van der Waals surface area contributed by atoms with Crippen molar-refractivity contribution in [3.8, 4) is 0 Å².